The predicted octanol–water partition coefficient (Wildman–Crippen LogP) is 3.27. The molecule has 0 spiro atoms. The number of benzene rings is 1. The zero-order valence-electron chi connectivity index (χ0n) is 14.7. The highest BCUT2D eigenvalue weighted by Crippen LogP contribution is 2.28. The molecule has 138 valence electrons. The van der Waals surface area contributed by atoms with Gasteiger partial charge in [-0.15, -0.1) is 0 Å². The van der Waals surface area contributed by atoms with Crippen molar-refractivity contribution in [3.05, 3.63) is 48.2 Å². The summed E-state index contributed by atoms with van der Waals surface area (Å²) in [5.41, 5.74) is 2.95. The molecule has 0 aliphatic carbocycles. The number of aryl methyl sites for hydroxylation is 1. The van der Waals surface area contributed by atoms with Crippen molar-refractivity contribution < 1.29 is 13.6 Å². The van der Waals surface area contributed by atoms with Gasteiger partial charge in [-0.05, 0) is 25.1 Å². The van der Waals surface area contributed by atoms with Crippen LogP contribution in [0.4, 0.5) is 8.78 Å². The maximum atomic E-state index is 13.3. The number of nitrogens with zero attached hydrogens (tertiary/aromatic N) is 5. The highest BCUT2D eigenvalue weighted by atomic mass is 19.3. The summed E-state index contributed by atoms with van der Waals surface area (Å²) >= 11 is 0. The van der Waals surface area contributed by atoms with Crippen LogP contribution in [-0.2, 0) is 0 Å². The average Bonchev–Trinajstić information content (AvgIpc) is 2.67. The molecule has 1 saturated heterocycles. The summed E-state index contributed by atoms with van der Waals surface area (Å²) in [6.45, 7) is 1.90. The summed E-state index contributed by atoms with van der Waals surface area (Å²) < 4.78 is 26.6. The lowest BCUT2D eigenvalue weighted by Crippen LogP contribution is -2.42. The fourth-order valence-electron chi connectivity index (χ4n) is 3.03. The maximum Gasteiger partial charge on any atom is 0.253 e. The molecule has 1 aliphatic heterocycles. The summed E-state index contributed by atoms with van der Waals surface area (Å²) in [5, 5.41) is 0. The predicted molar refractivity (Wildman–Crippen MR) is 95.4 cm³/mol. The number of hydrogen-bond donors (Lipinski definition) is 0. The van der Waals surface area contributed by atoms with Gasteiger partial charge in [0.05, 0.1) is 22.9 Å². The molecule has 0 atom stereocenters. The molecule has 1 fully saturated rings. The van der Waals surface area contributed by atoms with E-state index in [4.69, 9.17) is 0 Å². The van der Waals surface area contributed by atoms with E-state index in [-0.39, 0.29) is 31.8 Å². The number of carbonyl (C=O) groups is 1. The highest BCUT2D eigenvalue weighted by molar-refractivity contribution is 5.97. The molecule has 0 N–H and O–H groups in total. The number of rotatable bonds is 2. The van der Waals surface area contributed by atoms with E-state index in [2.05, 4.69) is 19.9 Å². The van der Waals surface area contributed by atoms with Gasteiger partial charge < -0.3 is 4.90 Å². The van der Waals surface area contributed by atoms with Gasteiger partial charge in [-0.3, -0.25) is 9.78 Å². The SMILES string of the molecule is Cc1ncc(-c2cnc3ccc(C(=O)N4CCC(F)(F)CC4)cc3n2)cn1. The van der Waals surface area contributed by atoms with Gasteiger partial charge >= 0.3 is 0 Å². The van der Waals surface area contributed by atoms with Crippen LogP contribution in [0.3, 0.4) is 0 Å². The van der Waals surface area contributed by atoms with Gasteiger partial charge in [-0.25, -0.2) is 23.7 Å². The molecule has 3 heterocycles. The molecule has 1 aromatic carbocycles. The number of likely N-dealkylation sites (tertiary alicyclic amines) is 1. The van der Waals surface area contributed by atoms with E-state index in [0.717, 1.165) is 5.56 Å². The second-order valence-corrected chi connectivity index (χ2v) is 6.63. The van der Waals surface area contributed by atoms with Crippen LogP contribution in [-0.4, -0.2) is 49.8 Å². The van der Waals surface area contributed by atoms with Gasteiger partial charge in [-0.1, -0.05) is 0 Å². The van der Waals surface area contributed by atoms with Crippen LogP contribution in [0.2, 0.25) is 0 Å². The first kappa shape index (κ1) is 17.4. The molecule has 6 nitrogen and oxygen atoms in total. The lowest BCUT2D eigenvalue weighted by Gasteiger charge is -2.31. The minimum atomic E-state index is -2.68. The zero-order chi connectivity index (χ0) is 19.0. The van der Waals surface area contributed by atoms with Gasteiger partial charge in [0, 0.05) is 49.5 Å². The second kappa shape index (κ2) is 6.61. The van der Waals surface area contributed by atoms with Gasteiger partial charge in [0.2, 0.25) is 0 Å². The molecule has 0 saturated carbocycles. The Bertz CT molecular complexity index is 997. The molecule has 0 radical (unpaired) electrons. The maximum absolute atomic E-state index is 13.3. The smallest absolute Gasteiger partial charge is 0.253 e. The third-order valence-corrected chi connectivity index (χ3v) is 4.65. The molecule has 2 aromatic heterocycles. The molecular formula is C19H17F2N5O. The van der Waals surface area contributed by atoms with Gasteiger partial charge in [0.25, 0.3) is 11.8 Å². The molecule has 3 aromatic rings. The monoisotopic (exact) mass is 369 g/mol. The lowest BCUT2D eigenvalue weighted by molar-refractivity contribution is -0.0494. The van der Waals surface area contributed by atoms with E-state index < -0.39 is 5.92 Å². The third-order valence-electron chi connectivity index (χ3n) is 4.65. The first-order chi connectivity index (χ1) is 12.9. The van der Waals surface area contributed by atoms with E-state index in [1.54, 1.807) is 43.7 Å². The number of halogens is 2. The van der Waals surface area contributed by atoms with Crippen molar-refractivity contribution >= 4 is 16.9 Å². The Labute approximate surface area is 154 Å². The number of amides is 1. The third kappa shape index (κ3) is 3.60. The number of carbonyl (C=O) groups excluding carboxylic acids is 1. The minimum Gasteiger partial charge on any atom is -0.338 e. The quantitative estimate of drug-likeness (QED) is 0.693. The normalized spacial score (nSPS) is 16.5. The van der Waals surface area contributed by atoms with Crippen molar-refractivity contribution in [3.8, 4) is 11.3 Å². The Balaban J connectivity index is 1.63. The molecule has 1 amide bonds. The average molecular weight is 369 g/mol. The molecular weight excluding hydrogens is 352 g/mol. The Morgan fingerprint density at radius 3 is 2.44 bits per heavy atom. The molecule has 0 bridgehead atoms. The van der Waals surface area contributed by atoms with Crippen molar-refractivity contribution in [2.45, 2.75) is 25.7 Å². The summed E-state index contributed by atoms with van der Waals surface area (Å²) in [6.07, 6.45) is 4.36. The summed E-state index contributed by atoms with van der Waals surface area (Å²) in [5.74, 6) is -2.29. The molecule has 27 heavy (non-hydrogen) atoms. The molecule has 0 unspecified atom stereocenters. The van der Waals surface area contributed by atoms with Crippen LogP contribution in [0, 0.1) is 6.92 Å². The van der Waals surface area contributed by atoms with E-state index in [9.17, 15) is 13.6 Å². The Morgan fingerprint density at radius 1 is 1.04 bits per heavy atom. The van der Waals surface area contributed by atoms with Crippen molar-refractivity contribution in [1.82, 2.24) is 24.8 Å². The Morgan fingerprint density at radius 2 is 1.74 bits per heavy atom. The fraction of sp³-hybridized carbons (Fsp3) is 0.316. The standard InChI is InChI=1S/C19H17F2N5O/c1-12-22-9-14(10-23-12)17-11-24-15-3-2-13(8-16(15)25-17)18(27)26-6-4-19(20,21)5-7-26/h2-3,8-11H,4-7H2,1H3. The van der Waals surface area contributed by atoms with Crippen LogP contribution in [0.5, 0.6) is 0 Å². The van der Waals surface area contributed by atoms with Gasteiger partial charge in [-0.2, -0.15) is 0 Å². The number of fused-ring (bicyclic) bond motifs is 1. The zero-order valence-corrected chi connectivity index (χ0v) is 14.7. The number of alkyl halides is 2. The van der Waals surface area contributed by atoms with Crippen LogP contribution in [0.15, 0.2) is 36.8 Å². The lowest BCUT2D eigenvalue weighted by atomic mass is 10.1. The van der Waals surface area contributed by atoms with E-state index in [1.165, 1.54) is 4.90 Å². The van der Waals surface area contributed by atoms with Crippen molar-refractivity contribution in [2.24, 2.45) is 0 Å². The molecule has 4 rings (SSSR count). The molecule has 1 aliphatic rings. The highest BCUT2D eigenvalue weighted by Gasteiger charge is 2.35. The number of aromatic nitrogens is 4. The van der Waals surface area contributed by atoms with Crippen LogP contribution in [0.1, 0.15) is 29.0 Å². The van der Waals surface area contributed by atoms with Gasteiger partial charge in [0.15, 0.2) is 0 Å². The Kier molecular flexibility index (Phi) is 4.25. The fourth-order valence-corrected chi connectivity index (χ4v) is 3.03. The van der Waals surface area contributed by atoms with E-state index in [1.807, 2.05) is 0 Å². The Hall–Kier alpha value is -3.03. The second-order valence-electron chi connectivity index (χ2n) is 6.63. The summed E-state index contributed by atoms with van der Waals surface area (Å²) in [6, 6.07) is 5.01. The van der Waals surface area contributed by atoms with Crippen LogP contribution >= 0.6 is 0 Å². The molecule has 8 heteroatoms. The summed E-state index contributed by atoms with van der Waals surface area (Å²) in [7, 11) is 0. The van der Waals surface area contributed by atoms with Crippen molar-refractivity contribution in [3.63, 3.8) is 0 Å². The first-order valence-corrected chi connectivity index (χ1v) is 8.64. The van der Waals surface area contributed by atoms with E-state index in [0.29, 0.717) is 28.1 Å². The largest absolute Gasteiger partial charge is 0.338 e. The van der Waals surface area contributed by atoms with E-state index >= 15 is 0 Å². The van der Waals surface area contributed by atoms with Gasteiger partial charge in [0.1, 0.15) is 5.82 Å². The minimum absolute atomic E-state index is 0.0519. The van der Waals surface area contributed by atoms with Crippen molar-refractivity contribution in [2.75, 3.05) is 13.1 Å². The van der Waals surface area contributed by atoms with Crippen LogP contribution in [0.25, 0.3) is 22.3 Å². The summed E-state index contributed by atoms with van der Waals surface area (Å²) in [4.78, 5) is 31.4. The topological polar surface area (TPSA) is 71.9 Å². The van der Waals surface area contributed by atoms with Crippen LogP contribution < -0.4 is 0 Å². The number of hydrogen-bond acceptors (Lipinski definition) is 5. The van der Waals surface area contributed by atoms with Crippen molar-refractivity contribution in [1.29, 1.82) is 0 Å². The first-order valence-electron chi connectivity index (χ1n) is 8.64. The number of piperidine rings is 1.